The number of rotatable bonds is 4. The Morgan fingerprint density at radius 1 is 1.18 bits per heavy atom. The first kappa shape index (κ1) is 15.1. The standard InChI is InChI=1S/C12H12Cl4O/c1-6(3-4-7(2)17)10-11(15)8(13)5-9(14)12(10)16/h5-6H,3-4H2,1-2H3. The molecule has 0 aliphatic heterocycles. The van der Waals surface area contributed by atoms with E-state index < -0.39 is 0 Å². The van der Waals surface area contributed by atoms with Gasteiger partial charge in [-0.25, -0.2) is 0 Å². The lowest BCUT2D eigenvalue weighted by molar-refractivity contribution is -0.117. The highest BCUT2D eigenvalue weighted by Crippen LogP contribution is 2.42. The van der Waals surface area contributed by atoms with Crippen molar-refractivity contribution in [3.63, 3.8) is 0 Å². The van der Waals surface area contributed by atoms with E-state index in [9.17, 15) is 4.79 Å². The quantitative estimate of drug-likeness (QED) is 0.644. The first-order chi connectivity index (χ1) is 7.84. The number of carbonyl (C=O) groups is 1. The molecule has 0 radical (unpaired) electrons. The van der Waals surface area contributed by atoms with Gasteiger partial charge < -0.3 is 4.79 Å². The van der Waals surface area contributed by atoms with Gasteiger partial charge in [0.05, 0.1) is 20.1 Å². The lowest BCUT2D eigenvalue weighted by Gasteiger charge is -2.16. The van der Waals surface area contributed by atoms with Gasteiger partial charge >= 0.3 is 0 Å². The zero-order valence-corrected chi connectivity index (χ0v) is 12.5. The third-order valence-electron chi connectivity index (χ3n) is 2.57. The minimum absolute atomic E-state index is 0.0371. The second-order valence-corrected chi connectivity index (χ2v) is 5.59. The number of Topliss-reactive ketones (excluding diaryl/α,β-unsaturated/α-hetero) is 1. The van der Waals surface area contributed by atoms with E-state index in [0.717, 1.165) is 0 Å². The molecule has 1 aromatic rings. The van der Waals surface area contributed by atoms with Crippen LogP contribution in [0.15, 0.2) is 6.07 Å². The van der Waals surface area contributed by atoms with Gasteiger partial charge in [-0.2, -0.15) is 0 Å². The molecule has 5 heteroatoms. The maximum Gasteiger partial charge on any atom is 0.129 e. The Morgan fingerprint density at radius 3 is 2.06 bits per heavy atom. The molecule has 0 aromatic heterocycles. The summed E-state index contributed by atoms with van der Waals surface area (Å²) < 4.78 is 0. The first-order valence-electron chi connectivity index (χ1n) is 5.17. The van der Waals surface area contributed by atoms with Gasteiger partial charge in [0.15, 0.2) is 0 Å². The van der Waals surface area contributed by atoms with Crippen LogP contribution in [-0.2, 0) is 4.79 Å². The van der Waals surface area contributed by atoms with Crippen molar-refractivity contribution < 1.29 is 4.79 Å². The summed E-state index contributed by atoms with van der Waals surface area (Å²) in [5.74, 6) is 0.173. The smallest absolute Gasteiger partial charge is 0.129 e. The molecule has 0 N–H and O–H groups in total. The summed E-state index contributed by atoms with van der Waals surface area (Å²) >= 11 is 24.2. The molecule has 0 aliphatic carbocycles. The minimum Gasteiger partial charge on any atom is -0.300 e. The molecule has 0 aliphatic rings. The summed E-state index contributed by atoms with van der Waals surface area (Å²) in [6.07, 6.45) is 1.16. The molecule has 0 fully saturated rings. The van der Waals surface area contributed by atoms with Crippen molar-refractivity contribution in [2.75, 3.05) is 0 Å². The molecule has 0 spiro atoms. The molecule has 1 atom stereocenters. The highest BCUT2D eigenvalue weighted by molar-refractivity contribution is 6.48. The molecular formula is C12H12Cl4O. The highest BCUT2D eigenvalue weighted by atomic mass is 35.5. The number of halogens is 4. The Balaban J connectivity index is 3.07. The topological polar surface area (TPSA) is 17.1 Å². The van der Waals surface area contributed by atoms with Crippen molar-refractivity contribution >= 4 is 52.2 Å². The second kappa shape index (κ2) is 6.29. The molecule has 17 heavy (non-hydrogen) atoms. The summed E-state index contributed by atoms with van der Waals surface area (Å²) in [5, 5.41) is 1.59. The molecule has 1 unspecified atom stereocenters. The number of hydrogen-bond acceptors (Lipinski definition) is 1. The van der Waals surface area contributed by atoms with E-state index in [2.05, 4.69) is 0 Å². The van der Waals surface area contributed by atoms with Crippen LogP contribution in [0, 0.1) is 0 Å². The zero-order valence-electron chi connectivity index (χ0n) is 9.49. The van der Waals surface area contributed by atoms with Gasteiger partial charge in [-0.05, 0) is 30.9 Å². The fourth-order valence-corrected chi connectivity index (χ4v) is 2.79. The Bertz CT molecular complexity index is 416. The van der Waals surface area contributed by atoms with Gasteiger partial charge in [-0.3, -0.25) is 0 Å². The Kier molecular flexibility index (Phi) is 5.59. The Labute approximate surface area is 121 Å². The minimum atomic E-state index is 0.0371. The maximum absolute atomic E-state index is 11.0. The van der Waals surface area contributed by atoms with E-state index in [0.29, 0.717) is 38.5 Å². The van der Waals surface area contributed by atoms with Gasteiger partial charge in [0.1, 0.15) is 5.78 Å². The van der Waals surface area contributed by atoms with Crippen LogP contribution in [0.25, 0.3) is 0 Å². The van der Waals surface area contributed by atoms with E-state index in [1.54, 1.807) is 6.92 Å². The Hall–Kier alpha value is 0.0500. The van der Waals surface area contributed by atoms with Crippen molar-refractivity contribution in [2.24, 2.45) is 0 Å². The largest absolute Gasteiger partial charge is 0.300 e. The van der Waals surface area contributed by atoms with Crippen LogP contribution in [0.4, 0.5) is 0 Å². The molecule has 1 aromatic carbocycles. The molecule has 1 rings (SSSR count). The van der Waals surface area contributed by atoms with Gasteiger partial charge in [-0.15, -0.1) is 0 Å². The normalized spacial score (nSPS) is 12.6. The zero-order chi connectivity index (χ0) is 13.2. The van der Waals surface area contributed by atoms with Crippen molar-refractivity contribution in [1.82, 2.24) is 0 Å². The highest BCUT2D eigenvalue weighted by Gasteiger charge is 2.19. The fraction of sp³-hybridized carbons (Fsp3) is 0.417. The number of carbonyl (C=O) groups excluding carboxylic acids is 1. The van der Waals surface area contributed by atoms with E-state index >= 15 is 0 Å². The van der Waals surface area contributed by atoms with Crippen molar-refractivity contribution in [1.29, 1.82) is 0 Å². The van der Waals surface area contributed by atoms with Crippen LogP contribution < -0.4 is 0 Å². The van der Waals surface area contributed by atoms with E-state index in [1.807, 2.05) is 6.92 Å². The van der Waals surface area contributed by atoms with Gasteiger partial charge in [0, 0.05) is 6.42 Å². The average Bonchev–Trinajstić information content (AvgIpc) is 2.24. The molecule has 0 saturated heterocycles. The number of benzene rings is 1. The molecule has 0 heterocycles. The van der Waals surface area contributed by atoms with Gasteiger partial charge in [0.25, 0.3) is 0 Å². The number of ketones is 1. The van der Waals surface area contributed by atoms with Crippen LogP contribution in [0.3, 0.4) is 0 Å². The van der Waals surface area contributed by atoms with Gasteiger partial charge in [0.2, 0.25) is 0 Å². The maximum atomic E-state index is 11.0. The molecule has 94 valence electrons. The van der Waals surface area contributed by atoms with Crippen LogP contribution in [-0.4, -0.2) is 5.78 Å². The molecular weight excluding hydrogens is 302 g/mol. The molecule has 0 bridgehead atoms. The third kappa shape index (κ3) is 3.75. The van der Waals surface area contributed by atoms with Crippen molar-refractivity contribution in [3.8, 4) is 0 Å². The number of hydrogen-bond donors (Lipinski definition) is 0. The lowest BCUT2D eigenvalue weighted by atomic mass is 9.95. The Morgan fingerprint density at radius 2 is 1.65 bits per heavy atom. The van der Waals surface area contributed by atoms with Crippen molar-refractivity contribution in [3.05, 3.63) is 31.7 Å². The van der Waals surface area contributed by atoms with Crippen LogP contribution in [0.2, 0.25) is 20.1 Å². The summed E-state index contributed by atoms with van der Waals surface area (Å²) in [6.45, 7) is 3.50. The fourth-order valence-electron chi connectivity index (χ4n) is 1.59. The van der Waals surface area contributed by atoms with E-state index in [-0.39, 0.29) is 11.7 Å². The predicted octanol–water partition coefficient (Wildman–Crippen LogP) is 5.77. The predicted molar refractivity (Wildman–Crippen MR) is 74.8 cm³/mol. The van der Waals surface area contributed by atoms with Crippen molar-refractivity contribution in [2.45, 2.75) is 32.6 Å². The molecule has 0 amide bonds. The average molecular weight is 314 g/mol. The third-order valence-corrected chi connectivity index (χ3v) is 4.17. The lowest BCUT2D eigenvalue weighted by Crippen LogP contribution is -2.00. The summed E-state index contributed by atoms with van der Waals surface area (Å²) in [6, 6.07) is 1.52. The monoisotopic (exact) mass is 312 g/mol. The van der Waals surface area contributed by atoms with E-state index in [4.69, 9.17) is 46.4 Å². The summed E-state index contributed by atoms with van der Waals surface area (Å²) in [7, 11) is 0. The SMILES string of the molecule is CC(=O)CCC(C)c1c(Cl)c(Cl)cc(Cl)c1Cl. The van der Waals surface area contributed by atoms with Crippen LogP contribution in [0.1, 0.15) is 38.2 Å². The van der Waals surface area contributed by atoms with Crippen LogP contribution >= 0.6 is 46.4 Å². The van der Waals surface area contributed by atoms with Crippen LogP contribution in [0.5, 0.6) is 0 Å². The molecule has 0 saturated carbocycles. The second-order valence-electron chi connectivity index (χ2n) is 4.02. The first-order valence-corrected chi connectivity index (χ1v) is 6.68. The molecule has 1 nitrogen and oxygen atoms in total. The summed E-state index contributed by atoms with van der Waals surface area (Å²) in [4.78, 5) is 11.0. The van der Waals surface area contributed by atoms with Gasteiger partial charge in [-0.1, -0.05) is 53.3 Å². The summed E-state index contributed by atoms with van der Waals surface area (Å²) in [5.41, 5.74) is 0.715. The van der Waals surface area contributed by atoms with E-state index in [1.165, 1.54) is 6.07 Å².